The number of rotatable bonds is 6. The van der Waals surface area contributed by atoms with Crippen molar-refractivity contribution in [3.8, 4) is 0 Å². The molecule has 2 N–H and O–H groups in total. The van der Waals surface area contributed by atoms with Gasteiger partial charge in [0.25, 0.3) is 0 Å². The van der Waals surface area contributed by atoms with Gasteiger partial charge < -0.3 is 15.5 Å². The van der Waals surface area contributed by atoms with E-state index in [1.54, 1.807) is 24.3 Å². The number of anilines is 2. The maximum Gasteiger partial charge on any atom is 0.227 e. The number of carbonyl (C=O) groups excluding carboxylic acids is 2. The Labute approximate surface area is 164 Å². The predicted octanol–water partition coefficient (Wildman–Crippen LogP) is 4.02. The van der Waals surface area contributed by atoms with Crippen LogP contribution >= 0.6 is 11.6 Å². The monoisotopic (exact) mass is 385 g/mol. The van der Waals surface area contributed by atoms with Crippen LogP contribution in [0.1, 0.15) is 19.3 Å². The van der Waals surface area contributed by atoms with E-state index >= 15 is 0 Å². The molecular weight excluding hydrogens is 362 g/mol. The van der Waals surface area contributed by atoms with Crippen LogP contribution in [-0.2, 0) is 9.59 Å². The minimum absolute atomic E-state index is 0.0127. The average Bonchev–Trinajstić information content (AvgIpc) is 2.69. The van der Waals surface area contributed by atoms with Crippen LogP contribution in [-0.4, -0.2) is 36.3 Å². The molecular formula is C21H24ClN3O2. The van der Waals surface area contributed by atoms with Crippen LogP contribution in [0.3, 0.4) is 0 Å². The molecule has 2 amide bonds. The molecule has 0 atom stereocenters. The Morgan fingerprint density at radius 1 is 0.926 bits per heavy atom. The summed E-state index contributed by atoms with van der Waals surface area (Å²) in [4.78, 5) is 26.7. The second kappa shape index (κ2) is 9.53. The number of nitrogens with one attached hydrogen (secondary N) is 2. The number of amides is 2. The van der Waals surface area contributed by atoms with Crippen molar-refractivity contribution in [2.24, 2.45) is 5.92 Å². The highest BCUT2D eigenvalue weighted by Crippen LogP contribution is 2.20. The summed E-state index contributed by atoms with van der Waals surface area (Å²) in [6, 6.07) is 16.6. The van der Waals surface area contributed by atoms with Gasteiger partial charge in [-0.2, -0.15) is 0 Å². The third-order valence-electron chi connectivity index (χ3n) is 4.78. The van der Waals surface area contributed by atoms with E-state index in [2.05, 4.69) is 15.5 Å². The van der Waals surface area contributed by atoms with Gasteiger partial charge in [-0.15, -0.1) is 0 Å². The zero-order valence-electron chi connectivity index (χ0n) is 15.2. The van der Waals surface area contributed by atoms with Crippen molar-refractivity contribution in [1.29, 1.82) is 0 Å². The molecule has 142 valence electrons. The Kier molecular flexibility index (Phi) is 6.85. The number of hydrogen-bond donors (Lipinski definition) is 2. The number of piperidine rings is 1. The van der Waals surface area contributed by atoms with Crippen LogP contribution in [0.5, 0.6) is 0 Å². The summed E-state index contributed by atoms with van der Waals surface area (Å²) in [6.07, 6.45) is 2.07. The van der Waals surface area contributed by atoms with Crippen LogP contribution in [0.2, 0.25) is 5.02 Å². The van der Waals surface area contributed by atoms with Crippen molar-refractivity contribution in [2.45, 2.75) is 19.3 Å². The number of halogens is 1. The van der Waals surface area contributed by atoms with Gasteiger partial charge in [0.05, 0.1) is 0 Å². The fourth-order valence-corrected chi connectivity index (χ4v) is 3.33. The molecule has 0 spiro atoms. The Hall–Kier alpha value is -2.37. The standard InChI is InChI=1S/C21H24ClN3O2/c22-17-6-8-19(9-7-17)23-20(26)12-15-25-13-10-16(11-14-25)21(27)24-18-4-2-1-3-5-18/h1-9,16H,10-15H2,(H,23,26)(H,24,27). The summed E-state index contributed by atoms with van der Waals surface area (Å²) < 4.78 is 0. The number of nitrogens with zero attached hydrogens (tertiary/aromatic N) is 1. The van der Waals surface area contributed by atoms with E-state index in [1.807, 2.05) is 30.3 Å². The largest absolute Gasteiger partial charge is 0.326 e. The molecule has 0 aliphatic carbocycles. The Balaban J connectivity index is 1.37. The van der Waals surface area contributed by atoms with Gasteiger partial charge in [-0.05, 0) is 62.3 Å². The van der Waals surface area contributed by atoms with Crippen molar-refractivity contribution in [3.05, 3.63) is 59.6 Å². The van der Waals surface area contributed by atoms with Gasteiger partial charge in [0.15, 0.2) is 0 Å². The predicted molar refractivity (Wildman–Crippen MR) is 109 cm³/mol. The summed E-state index contributed by atoms with van der Waals surface area (Å²) >= 11 is 5.84. The molecule has 2 aromatic carbocycles. The van der Waals surface area contributed by atoms with Crippen molar-refractivity contribution in [1.82, 2.24) is 4.90 Å². The Bertz CT molecular complexity index is 757. The van der Waals surface area contributed by atoms with E-state index in [1.165, 1.54) is 0 Å². The smallest absolute Gasteiger partial charge is 0.227 e. The molecule has 1 saturated heterocycles. The van der Waals surface area contributed by atoms with E-state index in [0.29, 0.717) is 18.0 Å². The molecule has 1 fully saturated rings. The molecule has 1 aliphatic heterocycles. The van der Waals surface area contributed by atoms with Gasteiger partial charge in [-0.3, -0.25) is 9.59 Å². The molecule has 0 radical (unpaired) electrons. The topological polar surface area (TPSA) is 61.4 Å². The van der Waals surface area contributed by atoms with Gasteiger partial charge in [0, 0.05) is 35.3 Å². The van der Waals surface area contributed by atoms with Crippen LogP contribution in [0.15, 0.2) is 54.6 Å². The third kappa shape index (κ3) is 6.08. The lowest BCUT2D eigenvalue weighted by Crippen LogP contribution is -2.39. The first-order chi connectivity index (χ1) is 13.1. The van der Waals surface area contributed by atoms with Crippen LogP contribution in [0, 0.1) is 5.92 Å². The lowest BCUT2D eigenvalue weighted by atomic mass is 9.95. The maximum absolute atomic E-state index is 12.4. The molecule has 0 unspecified atom stereocenters. The van der Waals surface area contributed by atoms with Crippen molar-refractivity contribution >= 4 is 34.8 Å². The van der Waals surface area contributed by atoms with E-state index in [0.717, 1.165) is 37.3 Å². The quantitative estimate of drug-likeness (QED) is 0.789. The first-order valence-electron chi connectivity index (χ1n) is 9.24. The van der Waals surface area contributed by atoms with E-state index in [9.17, 15) is 9.59 Å². The fraction of sp³-hybridized carbons (Fsp3) is 0.333. The van der Waals surface area contributed by atoms with E-state index in [-0.39, 0.29) is 17.7 Å². The third-order valence-corrected chi connectivity index (χ3v) is 5.03. The lowest BCUT2D eigenvalue weighted by Gasteiger charge is -2.31. The molecule has 3 rings (SSSR count). The lowest BCUT2D eigenvalue weighted by molar-refractivity contribution is -0.121. The number of benzene rings is 2. The molecule has 2 aromatic rings. The molecule has 1 heterocycles. The van der Waals surface area contributed by atoms with Gasteiger partial charge in [-0.1, -0.05) is 29.8 Å². The van der Waals surface area contributed by atoms with Gasteiger partial charge in [0.2, 0.25) is 11.8 Å². The SMILES string of the molecule is O=C(CCN1CCC(C(=O)Nc2ccccc2)CC1)Nc1ccc(Cl)cc1. The summed E-state index contributed by atoms with van der Waals surface area (Å²) in [6.45, 7) is 2.37. The molecule has 5 nitrogen and oxygen atoms in total. The van der Waals surface area contributed by atoms with Crippen molar-refractivity contribution < 1.29 is 9.59 Å². The van der Waals surface area contributed by atoms with E-state index < -0.39 is 0 Å². The Morgan fingerprint density at radius 3 is 2.22 bits per heavy atom. The minimum atomic E-state index is -0.0127. The van der Waals surface area contributed by atoms with Crippen LogP contribution < -0.4 is 10.6 Å². The first kappa shape index (κ1) is 19.4. The fourth-order valence-electron chi connectivity index (χ4n) is 3.20. The number of carbonyl (C=O) groups is 2. The molecule has 27 heavy (non-hydrogen) atoms. The summed E-state index contributed by atoms with van der Waals surface area (Å²) in [7, 11) is 0. The normalized spacial score (nSPS) is 15.3. The van der Waals surface area contributed by atoms with Crippen LogP contribution in [0.4, 0.5) is 11.4 Å². The zero-order chi connectivity index (χ0) is 19.1. The summed E-state index contributed by atoms with van der Waals surface area (Å²) in [5.74, 6) is 0.104. The molecule has 6 heteroatoms. The molecule has 1 aliphatic rings. The number of hydrogen-bond acceptors (Lipinski definition) is 3. The highest BCUT2D eigenvalue weighted by Gasteiger charge is 2.25. The summed E-state index contributed by atoms with van der Waals surface area (Å²) in [5.41, 5.74) is 1.59. The van der Waals surface area contributed by atoms with E-state index in [4.69, 9.17) is 11.6 Å². The zero-order valence-corrected chi connectivity index (χ0v) is 15.9. The Morgan fingerprint density at radius 2 is 1.56 bits per heavy atom. The number of para-hydroxylation sites is 1. The number of likely N-dealkylation sites (tertiary alicyclic amines) is 1. The van der Waals surface area contributed by atoms with Crippen molar-refractivity contribution in [3.63, 3.8) is 0 Å². The minimum Gasteiger partial charge on any atom is -0.326 e. The molecule has 0 aromatic heterocycles. The second-order valence-electron chi connectivity index (χ2n) is 6.78. The van der Waals surface area contributed by atoms with Crippen LogP contribution in [0.25, 0.3) is 0 Å². The van der Waals surface area contributed by atoms with Gasteiger partial charge >= 0.3 is 0 Å². The highest BCUT2D eigenvalue weighted by atomic mass is 35.5. The summed E-state index contributed by atoms with van der Waals surface area (Å²) in [5, 5.41) is 6.50. The molecule has 0 bridgehead atoms. The average molecular weight is 386 g/mol. The van der Waals surface area contributed by atoms with Gasteiger partial charge in [-0.25, -0.2) is 0 Å². The van der Waals surface area contributed by atoms with Gasteiger partial charge in [0.1, 0.15) is 0 Å². The van der Waals surface area contributed by atoms with Crippen molar-refractivity contribution in [2.75, 3.05) is 30.3 Å². The first-order valence-corrected chi connectivity index (χ1v) is 9.61. The highest BCUT2D eigenvalue weighted by molar-refractivity contribution is 6.30. The molecule has 0 saturated carbocycles. The maximum atomic E-state index is 12.4. The second-order valence-corrected chi connectivity index (χ2v) is 7.21.